The van der Waals surface area contributed by atoms with Crippen LogP contribution >= 0.6 is 11.6 Å². The first kappa shape index (κ1) is 21.1. The lowest BCUT2D eigenvalue weighted by Crippen LogP contribution is -2.51. The smallest absolute Gasteiger partial charge is 0.253 e. The number of amides is 2. The van der Waals surface area contributed by atoms with Crippen molar-refractivity contribution in [3.63, 3.8) is 0 Å². The number of piperazine rings is 1. The fourth-order valence-corrected chi connectivity index (χ4v) is 3.43. The van der Waals surface area contributed by atoms with Crippen LogP contribution in [0.25, 0.3) is 0 Å². The molecule has 1 fully saturated rings. The van der Waals surface area contributed by atoms with E-state index >= 15 is 0 Å². The van der Waals surface area contributed by atoms with Gasteiger partial charge in [-0.05, 0) is 42.8 Å². The Morgan fingerprint density at radius 1 is 1.07 bits per heavy atom. The monoisotopic (exact) mass is 415 g/mol. The fourth-order valence-electron chi connectivity index (χ4n) is 3.24. The number of benzene rings is 2. The van der Waals surface area contributed by atoms with E-state index in [4.69, 9.17) is 16.3 Å². The van der Waals surface area contributed by atoms with E-state index < -0.39 is 0 Å². The minimum Gasteiger partial charge on any atom is -0.492 e. The molecular weight excluding hydrogens is 390 g/mol. The molecule has 2 amide bonds. The van der Waals surface area contributed by atoms with Gasteiger partial charge in [0.1, 0.15) is 12.4 Å². The van der Waals surface area contributed by atoms with Gasteiger partial charge in [-0.1, -0.05) is 29.8 Å². The molecule has 1 saturated heterocycles. The number of carbonyl (C=O) groups is 2. The lowest BCUT2D eigenvalue weighted by molar-refractivity contribution is -0.122. The molecule has 0 unspecified atom stereocenters. The Morgan fingerprint density at radius 2 is 1.83 bits per heavy atom. The van der Waals surface area contributed by atoms with Crippen LogP contribution in [0.3, 0.4) is 0 Å². The molecule has 0 saturated carbocycles. The average molecular weight is 416 g/mol. The van der Waals surface area contributed by atoms with E-state index in [1.807, 2.05) is 31.2 Å². The summed E-state index contributed by atoms with van der Waals surface area (Å²) in [4.78, 5) is 28.6. The SMILES string of the molecule is Cc1cccc(OCCNC(=O)CN2CCN(C(=O)c3cccc(Cl)c3)CC2)c1. The Hall–Kier alpha value is -2.57. The molecule has 29 heavy (non-hydrogen) atoms. The Kier molecular flexibility index (Phi) is 7.49. The van der Waals surface area contributed by atoms with Gasteiger partial charge in [0.15, 0.2) is 0 Å². The number of halogens is 1. The van der Waals surface area contributed by atoms with Crippen LogP contribution in [-0.2, 0) is 4.79 Å². The number of hydrogen-bond acceptors (Lipinski definition) is 4. The van der Waals surface area contributed by atoms with Gasteiger partial charge < -0.3 is 15.0 Å². The van der Waals surface area contributed by atoms with Crippen molar-refractivity contribution >= 4 is 23.4 Å². The Balaban J connectivity index is 1.34. The zero-order valence-corrected chi connectivity index (χ0v) is 17.3. The predicted molar refractivity (Wildman–Crippen MR) is 113 cm³/mol. The first-order chi connectivity index (χ1) is 14.0. The molecule has 1 N–H and O–H groups in total. The molecule has 2 aromatic carbocycles. The lowest BCUT2D eigenvalue weighted by atomic mass is 10.2. The van der Waals surface area contributed by atoms with Crippen LogP contribution in [-0.4, -0.2) is 67.5 Å². The summed E-state index contributed by atoms with van der Waals surface area (Å²) in [7, 11) is 0. The third-order valence-corrected chi connectivity index (χ3v) is 5.02. The number of nitrogens with one attached hydrogen (secondary N) is 1. The molecule has 1 heterocycles. The van der Waals surface area contributed by atoms with Crippen molar-refractivity contribution in [3.05, 3.63) is 64.7 Å². The van der Waals surface area contributed by atoms with Crippen LogP contribution in [0, 0.1) is 6.92 Å². The van der Waals surface area contributed by atoms with Gasteiger partial charge in [0.25, 0.3) is 5.91 Å². The molecule has 3 rings (SSSR count). The molecule has 0 bridgehead atoms. The maximum absolute atomic E-state index is 12.5. The highest BCUT2D eigenvalue weighted by Gasteiger charge is 2.23. The van der Waals surface area contributed by atoms with Crippen molar-refractivity contribution < 1.29 is 14.3 Å². The van der Waals surface area contributed by atoms with Gasteiger partial charge in [0, 0.05) is 36.8 Å². The number of rotatable bonds is 7. The van der Waals surface area contributed by atoms with Gasteiger partial charge in [-0.25, -0.2) is 0 Å². The minimum atomic E-state index is -0.0348. The summed E-state index contributed by atoms with van der Waals surface area (Å²) in [6, 6.07) is 14.8. The fraction of sp³-hybridized carbons (Fsp3) is 0.364. The molecule has 6 nitrogen and oxygen atoms in total. The number of aryl methyl sites for hydroxylation is 1. The largest absolute Gasteiger partial charge is 0.492 e. The first-order valence-corrected chi connectivity index (χ1v) is 10.1. The highest BCUT2D eigenvalue weighted by atomic mass is 35.5. The summed E-state index contributed by atoms with van der Waals surface area (Å²) in [5.41, 5.74) is 1.73. The predicted octanol–water partition coefficient (Wildman–Crippen LogP) is 2.60. The van der Waals surface area contributed by atoms with Gasteiger partial charge in [0.05, 0.1) is 13.1 Å². The third-order valence-electron chi connectivity index (χ3n) is 4.78. The second-order valence-corrected chi connectivity index (χ2v) is 7.53. The van der Waals surface area contributed by atoms with E-state index in [1.54, 1.807) is 29.2 Å². The summed E-state index contributed by atoms with van der Waals surface area (Å²) >= 11 is 5.97. The Labute approximate surface area is 176 Å². The molecule has 0 radical (unpaired) electrons. The lowest BCUT2D eigenvalue weighted by Gasteiger charge is -2.34. The normalized spacial score (nSPS) is 14.5. The minimum absolute atomic E-state index is 0.0232. The van der Waals surface area contributed by atoms with Crippen LogP contribution < -0.4 is 10.1 Å². The van der Waals surface area contributed by atoms with Crippen LogP contribution in [0.15, 0.2) is 48.5 Å². The molecule has 1 aliphatic heterocycles. The topological polar surface area (TPSA) is 61.9 Å². The molecule has 2 aromatic rings. The van der Waals surface area contributed by atoms with E-state index in [1.165, 1.54) is 0 Å². The molecule has 1 aliphatic rings. The average Bonchev–Trinajstić information content (AvgIpc) is 2.71. The van der Waals surface area contributed by atoms with Gasteiger partial charge >= 0.3 is 0 Å². The standard InChI is InChI=1S/C22H26ClN3O3/c1-17-4-2-7-20(14-17)29-13-8-24-21(27)16-25-9-11-26(12-10-25)22(28)18-5-3-6-19(23)15-18/h2-7,14-15H,8-13,16H2,1H3,(H,24,27). The highest BCUT2D eigenvalue weighted by Crippen LogP contribution is 2.14. The quantitative estimate of drug-likeness (QED) is 0.706. The maximum Gasteiger partial charge on any atom is 0.253 e. The summed E-state index contributed by atoms with van der Waals surface area (Å²) in [5.74, 6) is 0.747. The van der Waals surface area contributed by atoms with Gasteiger partial charge in [-0.3, -0.25) is 14.5 Å². The van der Waals surface area contributed by atoms with Crippen molar-refractivity contribution in [2.75, 3.05) is 45.9 Å². The van der Waals surface area contributed by atoms with Crippen LogP contribution in [0.2, 0.25) is 5.02 Å². The van der Waals surface area contributed by atoms with Crippen LogP contribution in [0.1, 0.15) is 15.9 Å². The Morgan fingerprint density at radius 3 is 2.55 bits per heavy atom. The van der Waals surface area contributed by atoms with E-state index in [2.05, 4.69) is 10.2 Å². The van der Waals surface area contributed by atoms with Crippen molar-refractivity contribution in [3.8, 4) is 5.75 Å². The van der Waals surface area contributed by atoms with Crippen molar-refractivity contribution in [1.29, 1.82) is 0 Å². The van der Waals surface area contributed by atoms with Crippen LogP contribution in [0.5, 0.6) is 5.75 Å². The molecule has 0 atom stereocenters. The second-order valence-electron chi connectivity index (χ2n) is 7.09. The number of ether oxygens (including phenoxy) is 1. The maximum atomic E-state index is 12.5. The zero-order valence-electron chi connectivity index (χ0n) is 16.6. The third kappa shape index (κ3) is 6.48. The molecule has 154 valence electrons. The molecule has 0 aliphatic carbocycles. The van der Waals surface area contributed by atoms with Crippen molar-refractivity contribution in [2.45, 2.75) is 6.92 Å². The van der Waals surface area contributed by atoms with E-state index in [0.29, 0.717) is 56.5 Å². The summed E-state index contributed by atoms with van der Waals surface area (Å²) in [5, 5.41) is 3.43. The van der Waals surface area contributed by atoms with Crippen molar-refractivity contribution in [1.82, 2.24) is 15.1 Å². The molecular formula is C22H26ClN3O3. The summed E-state index contributed by atoms with van der Waals surface area (Å²) in [6.07, 6.45) is 0. The van der Waals surface area contributed by atoms with Gasteiger partial charge in [0.2, 0.25) is 5.91 Å². The molecule has 7 heteroatoms. The summed E-state index contributed by atoms with van der Waals surface area (Å²) < 4.78 is 5.64. The summed E-state index contributed by atoms with van der Waals surface area (Å²) in [6.45, 7) is 5.74. The number of hydrogen-bond donors (Lipinski definition) is 1. The zero-order chi connectivity index (χ0) is 20.6. The van der Waals surface area contributed by atoms with Gasteiger partial charge in [-0.15, -0.1) is 0 Å². The Bertz CT molecular complexity index is 851. The van der Waals surface area contributed by atoms with E-state index in [0.717, 1.165) is 11.3 Å². The molecule has 0 spiro atoms. The van der Waals surface area contributed by atoms with Crippen molar-refractivity contribution in [2.24, 2.45) is 0 Å². The highest BCUT2D eigenvalue weighted by molar-refractivity contribution is 6.30. The van der Waals surface area contributed by atoms with Gasteiger partial charge in [-0.2, -0.15) is 0 Å². The van der Waals surface area contributed by atoms with E-state index in [9.17, 15) is 9.59 Å². The molecule has 0 aromatic heterocycles. The van der Waals surface area contributed by atoms with Crippen LogP contribution in [0.4, 0.5) is 0 Å². The number of nitrogens with zero attached hydrogens (tertiary/aromatic N) is 2. The van der Waals surface area contributed by atoms with E-state index in [-0.39, 0.29) is 11.8 Å². The first-order valence-electron chi connectivity index (χ1n) is 9.74. The second kappa shape index (κ2) is 10.3. The number of carbonyl (C=O) groups excluding carboxylic acids is 2.